The third kappa shape index (κ3) is 3.56. The number of nitrogens with zero attached hydrogens (tertiary/aromatic N) is 2. The van der Waals surface area contributed by atoms with Crippen molar-refractivity contribution in [2.24, 2.45) is 0 Å². The van der Waals surface area contributed by atoms with Crippen LogP contribution >= 0.6 is 0 Å². The zero-order valence-corrected chi connectivity index (χ0v) is 29.9. The Morgan fingerprint density at radius 2 is 0.821 bits per heavy atom. The highest BCUT2D eigenvalue weighted by Gasteiger charge is 2.51. The van der Waals surface area contributed by atoms with E-state index >= 15 is 0 Å². The summed E-state index contributed by atoms with van der Waals surface area (Å²) in [4.78, 5) is 4.90. The highest BCUT2D eigenvalue weighted by atomic mass is 16.5. The molecule has 5 nitrogen and oxygen atoms in total. The monoisotopic (exact) mass is 712 g/mol. The molecule has 0 amide bonds. The Morgan fingerprint density at radius 3 is 1.52 bits per heavy atom. The van der Waals surface area contributed by atoms with E-state index in [9.17, 15) is 0 Å². The van der Waals surface area contributed by atoms with Crippen LogP contribution in [0.5, 0.6) is 34.5 Å². The third-order valence-corrected chi connectivity index (χ3v) is 12.8. The standard InChI is InChI=1S/C48H27B3N2O3/c1-2-13-28(14-3-1)52-37-21-12-24-41-45(37)51(32-18-7-10-22-39(32)54-41)33-26-42-34(25-38(33)52)50-30-16-5-9-20-36(30)53-35-19-8-4-15-29(35)49-31-17-6-11-23-40(31)55-43-27-44(56-42)47(50)48(53)46(43)49/h1-27H. The quantitative estimate of drug-likeness (QED) is 0.212. The van der Waals surface area contributed by atoms with Gasteiger partial charge in [-0.25, -0.2) is 0 Å². The van der Waals surface area contributed by atoms with Crippen molar-refractivity contribution in [1.82, 2.24) is 0 Å². The van der Waals surface area contributed by atoms with Crippen LogP contribution < -0.4 is 73.2 Å². The Labute approximate surface area is 324 Å². The Balaban J connectivity index is 1.07. The van der Waals surface area contributed by atoms with Crippen LogP contribution in [0, 0.1) is 0 Å². The zero-order valence-electron chi connectivity index (χ0n) is 29.9. The van der Waals surface area contributed by atoms with Crippen LogP contribution in [0.25, 0.3) is 0 Å². The lowest BCUT2D eigenvalue weighted by Crippen LogP contribution is -2.67. The van der Waals surface area contributed by atoms with E-state index in [-0.39, 0.29) is 20.1 Å². The summed E-state index contributed by atoms with van der Waals surface area (Å²) >= 11 is 0. The summed E-state index contributed by atoms with van der Waals surface area (Å²) in [5.41, 5.74) is 17.8. The molecule has 8 aromatic carbocycles. The smallest absolute Gasteiger partial charge is 0.256 e. The van der Waals surface area contributed by atoms with Crippen LogP contribution in [0.2, 0.25) is 0 Å². The van der Waals surface area contributed by atoms with Gasteiger partial charge >= 0.3 is 0 Å². The fourth-order valence-corrected chi connectivity index (χ4v) is 10.7. The van der Waals surface area contributed by atoms with Crippen molar-refractivity contribution in [3.05, 3.63) is 164 Å². The van der Waals surface area contributed by atoms with Gasteiger partial charge in [-0.05, 0) is 110 Å². The van der Waals surface area contributed by atoms with Crippen molar-refractivity contribution in [3.63, 3.8) is 0 Å². The molecule has 0 unspecified atom stereocenters. The highest BCUT2D eigenvalue weighted by molar-refractivity contribution is 7.04. The molecule has 0 spiro atoms. The summed E-state index contributed by atoms with van der Waals surface area (Å²) in [5.74, 6) is 5.25. The van der Waals surface area contributed by atoms with Crippen LogP contribution in [0.15, 0.2) is 164 Å². The number of para-hydroxylation sites is 5. The number of hydrogen-bond donors (Lipinski definition) is 0. The number of benzene rings is 8. The Kier molecular flexibility index (Phi) is 5.43. The first kappa shape index (κ1) is 29.3. The highest BCUT2D eigenvalue weighted by Crippen LogP contribution is 2.47. The molecular formula is C48H27B3N2O3. The Morgan fingerprint density at radius 1 is 0.304 bits per heavy atom. The molecule has 0 atom stereocenters. The predicted octanol–water partition coefficient (Wildman–Crippen LogP) is 5.43. The minimum atomic E-state index is -0.0674. The van der Waals surface area contributed by atoms with Gasteiger partial charge in [0.1, 0.15) is 34.5 Å². The molecule has 0 fully saturated rings. The van der Waals surface area contributed by atoms with E-state index in [4.69, 9.17) is 14.2 Å². The number of hydrogen-bond acceptors (Lipinski definition) is 5. The molecule has 6 heterocycles. The summed E-state index contributed by atoms with van der Waals surface area (Å²) in [7, 11) is 0. The van der Waals surface area contributed by atoms with Gasteiger partial charge in [-0.1, -0.05) is 97.1 Å². The summed E-state index contributed by atoms with van der Waals surface area (Å²) in [5, 5.41) is 0. The van der Waals surface area contributed by atoms with Gasteiger partial charge in [-0.3, -0.25) is 0 Å². The maximum absolute atomic E-state index is 7.26. The molecule has 8 heteroatoms. The maximum Gasteiger partial charge on any atom is 0.256 e. The lowest BCUT2D eigenvalue weighted by molar-refractivity contribution is 0.466. The summed E-state index contributed by atoms with van der Waals surface area (Å²) < 4.78 is 20.7. The molecule has 14 rings (SSSR count). The van der Waals surface area contributed by atoms with E-state index in [0.717, 1.165) is 62.5 Å². The van der Waals surface area contributed by atoms with Gasteiger partial charge in [0.15, 0.2) is 0 Å². The molecule has 0 radical (unpaired) electrons. The number of anilines is 6. The molecule has 0 N–H and O–H groups in total. The van der Waals surface area contributed by atoms with E-state index < -0.39 is 0 Å². The third-order valence-electron chi connectivity index (χ3n) is 12.8. The second kappa shape index (κ2) is 10.4. The number of fused-ring (bicyclic) bond motifs is 14. The van der Waals surface area contributed by atoms with Crippen molar-refractivity contribution < 1.29 is 14.2 Å². The number of rotatable bonds is 1. The molecule has 0 aliphatic carbocycles. The first-order valence-corrected chi connectivity index (χ1v) is 19.4. The summed E-state index contributed by atoms with van der Waals surface area (Å²) in [6, 6.07) is 58.9. The van der Waals surface area contributed by atoms with E-state index in [1.165, 1.54) is 55.3 Å². The maximum atomic E-state index is 7.26. The summed E-state index contributed by atoms with van der Waals surface area (Å²) in [6.45, 7) is -0.0686. The van der Waals surface area contributed by atoms with Crippen molar-refractivity contribution in [2.75, 3.05) is 9.80 Å². The number of ether oxygens (including phenoxy) is 3. The van der Waals surface area contributed by atoms with Crippen LogP contribution in [0.3, 0.4) is 0 Å². The molecular weight excluding hydrogens is 685 g/mol. The molecule has 6 aliphatic rings. The fourth-order valence-electron chi connectivity index (χ4n) is 10.7. The first-order valence-electron chi connectivity index (χ1n) is 19.4. The van der Waals surface area contributed by atoms with Crippen molar-refractivity contribution in [1.29, 1.82) is 0 Å². The van der Waals surface area contributed by atoms with Gasteiger partial charge in [0, 0.05) is 40.2 Å². The molecule has 256 valence electrons. The van der Waals surface area contributed by atoms with Crippen LogP contribution in [-0.4, -0.2) is 20.1 Å². The second-order valence-electron chi connectivity index (χ2n) is 15.5. The minimum Gasteiger partial charge on any atom is -0.458 e. The van der Waals surface area contributed by atoms with Crippen LogP contribution in [-0.2, 0) is 0 Å². The van der Waals surface area contributed by atoms with E-state index in [1.807, 2.05) is 0 Å². The van der Waals surface area contributed by atoms with E-state index in [0.29, 0.717) is 0 Å². The molecule has 6 aliphatic heterocycles. The lowest BCUT2D eigenvalue weighted by Gasteiger charge is -2.47. The Hall–Kier alpha value is -7.05. The summed E-state index contributed by atoms with van der Waals surface area (Å²) in [6.07, 6.45) is 0. The fraction of sp³-hybridized carbons (Fsp3) is 0. The van der Waals surface area contributed by atoms with Gasteiger partial charge in [0.05, 0.1) is 0 Å². The van der Waals surface area contributed by atoms with Gasteiger partial charge in [0.25, 0.3) is 20.1 Å². The minimum absolute atomic E-state index is 0.0337. The zero-order chi connectivity index (χ0) is 36.2. The van der Waals surface area contributed by atoms with E-state index in [2.05, 4.69) is 174 Å². The van der Waals surface area contributed by atoms with Crippen LogP contribution in [0.1, 0.15) is 0 Å². The second-order valence-corrected chi connectivity index (χ2v) is 15.5. The molecule has 8 aromatic rings. The Bertz CT molecular complexity index is 3080. The van der Waals surface area contributed by atoms with E-state index in [1.54, 1.807) is 0 Å². The van der Waals surface area contributed by atoms with Crippen molar-refractivity contribution >= 4 is 103 Å². The molecule has 0 bridgehead atoms. The molecule has 0 aromatic heterocycles. The SMILES string of the molecule is c1ccc(N2c3cc4c(cc3B3c5ccccc5Oc5cccc2c53)Oc2cc3c5c6c2B4c2ccccc2N6c2ccccc2B5c2ccccc2O3)cc1. The van der Waals surface area contributed by atoms with Gasteiger partial charge in [-0.15, -0.1) is 0 Å². The predicted molar refractivity (Wildman–Crippen MR) is 229 cm³/mol. The largest absolute Gasteiger partial charge is 0.458 e. The molecule has 0 saturated carbocycles. The normalized spacial score (nSPS) is 14.7. The topological polar surface area (TPSA) is 34.2 Å². The van der Waals surface area contributed by atoms with Gasteiger partial charge < -0.3 is 24.0 Å². The lowest BCUT2D eigenvalue weighted by atomic mass is 9.29. The molecule has 56 heavy (non-hydrogen) atoms. The average molecular weight is 712 g/mol. The van der Waals surface area contributed by atoms with Crippen molar-refractivity contribution in [3.8, 4) is 34.5 Å². The first-order chi connectivity index (χ1) is 27.8. The molecule has 0 saturated heterocycles. The van der Waals surface area contributed by atoms with Gasteiger partial charge in [-0.2, -0.15) is 0 Å². The van der Waals surface area contributed by atoms with Crippen molar-refractivity contribution in [2.45, 2.75) is 0 Å². The average Bonchev–Trinajstić information content (AvgIpc) is 3.25. The van der Waals surface area contributed by atoms with Gasteiger partial charge in [0.2, 0.25) is 0 Å². The van der Waals surface area contributed by atoms with Crippen LogP contribution in [0.4, 0.5) is 34.1 Å².